The molecule has 0 radical (unpaired) electrons. The Bertz CT molecular complexity index is 735. The van der Waals surface area contributed by atoms with Crippen LogP contribution in [0.1, 0.15) is 15.9 Å². The first kappa shape index (κ1) is 15.4. The molecule has 0 aliphatic rings. The van der Waals surface area contributed by atoms with Gasteiger partial charge in [0.2, 0.25) is 5.82 Å². The maximum atomic E-state index is 13.6. The molecule has 0 aromatic heterocycles. The smallest absolute Gasteiger partial charge is 0.258 e. The summed E-state index contributed by atoms with van der Waals surface area (Å²) in [5.41, 5.74) is 0.280. The number of nitrogens with one attached hydrogen (secondary N) is 1. The Morgan fingerprint density at radius 3 is 2.52 bits per heavy atom. The Hall–Kier alpha value is -2.02. The van der Waals surface area contributed by atoms with Gasteiger partial charge in [0, 0.05) is 10.2 Å². The van der Waals surface area contributed by atoms with Gasteiger partial charge in [-0.25, -0.2) is 8.78 Å². The van der Waals surface area contributed by atoms with Gasteiger partial charge in [0.05, 0.1) is 5.56 Å². The van der Waals surface area contributed by atoms with E-state index < -0.39 is 34.7 Å². The molecule has 2 rings (SSSR count). The van der Waals surface area contributed by atoms with Crippen molar-refractivity contribution < 1.29 is 23.1 Å². The lowest BCUT2D eigenvalue weighted by atomic mass is 10.1. The minimum atomic E-state index is -1.73. The quantitative estimate of drug-likeness (QED) is 0.792. The predicted molar refractivity (Wildman–Crippen MR) is 74.8 cm³/mol. The lowest BCUT2D eigenvalue weighted by Gasteiger charge is -2.10. The van der Waals surface area contributed by atoms with Gasteiger partial charge in [-0.3, -0.25) is 4.79 Å². The Labute approximate surface area is 126 Å². The molecule has 0 aliphatic heterocycles. The van der Waals surface area contributed by atoms with E-state index in [1.807, 2.05) is 0 Å². The normalized spacial score (nSPS) is 10.5. The fraction of sp³-hybridized carbons (Fsp3) is 0.0714. The number of hydrogen-bond donors (Lipinski definition) is 2. The molecular formula is C14H9BrF3NO2. The lowest BCUT2D eigenvalue weighted by molar-refractivity contribution is 0.102. The van der Waals surface area contributed by atoms with Crippen LogP contribution in [-0.4, -0.2) is 11.0 Å². The molecule has 2 aromatic carbocycles. The first-order valence-corrected chi connectivity index (χ1v) is 6.54. The molecule has 3 nitrogen and oxygen atoms in total. The molecule has 1 amide bonds. The topological polar surface area (TPSA) is 49.3 Å². The van der Waals surface area contributed by atoms with E-state index in [-0.39, 0.29) is 0 Å². The Morgan fingerprint density at radius 2 is 1.86 bits per heavy atom. The van der Waals surface area contributed by atoms with Gasteiger partial charge in [0.15, 0.2) is 17.4 Å². The van der Waals surface area contributed by atoms with Gasteiger partial charge in [-0.05, 0) is 30.7 Å². The minimum Gasteiger partial charge on any atom is -0.503 e. The first-order valence-electron chi connectivity index (χ1n) is 5.75. The Balaban J connectivity index is 2.40. The summed E-state index contributed by atoms with van der Waals surface area (Å²) in [5.74, 6) is -7.28. The Morgan fingerprint density at radius 1 is 1.19 bits per heavy atom. The molecule has 0 saturated carbocycles. The summed E-state index contributed by atoms with van der Waals surface area (Å²) in [4.78, 5) is 11.9. The van der Waals surface area contributed by atoms with Crippen molar-refractivity contribution in [1.29, 1.82) is 0 Å². The van der Waals surface area contributed by atoms with Gasteiger partial charge in [0.1, 0.15) is 0 Å². The van der Waals surface area contributed by atoms with Crippen LogP contribution in [0.2, 0.25) is 0 Å². The van der Waals surface area contributed by atoms with Crippen LogP contribution in [0, 0.1) is 24.4 Å². The first-order chi connectivity index (χ1) is 9.81. The summed E-state index contributed by atoms with van der Waals surface area (Å²) in [5, 5.41) is 11.5. The highest BCUT2D eigenvalue weighted by molar-refractivity contribution is 9.10. The van der Waals surface area contributed by atoms with E-state index in [4.69, 9.17) is 5.11 Å². The van der Waals surface area contributed by atoms with Crippen molar-refractivity contribution in [2.45, 2.75) is 6.92 Å². The number of aromatic hydroxyl groups is 1. The predicted octanol–water partition coefficient (Wildman–Crippen LogP) is 4.13. The van der Waals surface area contributed by atoms with Crippen LogP contribution in [0.25, 0.3) is 0 Å². The third kappa shape index (κ3) is 3.02. The molecule has 0 heterocycles. The zero-order chi connectivity index (χ0) is 15.7. The molecular weight excluding hydrogens is 351 g/mol. The molecule has 0 unspecified atom stereocenters. The molecule has 0 spiro atoms. The summed E-state index contributed by atoms with van der Waals surface area (Å²) < 4.78 is 40.5. The third-order valence-electron chi connectivity index (χ3n) is 2.83. The molecule has 0 saturated heterocycles. The lowest BCUT2D eigenvalue weighted by Crippen LogP contribution is -2.15. The van der Waals surface area contributed by atoms with Crippen molar-refractivity contribution in [3.05, 3.63) is 57.3 Å². The molecule has 2 N–H and O–H groups in total. The van der Waals surface area contributed by atoms with Crippen LogP contribution in [0.15, 0.2) is 28.7 Å². The van der Waals surface area contributed by atoms with Crippen LogP contribution in [0.4, 0.5) is 18.9 Å². The highest BCUT2D eigenvalue weighted by Crippen LogP contribution is 2.27. The van der Waals surface area contributed by atoms with Crippen LogP contribution in [0.5, 0.6) is 5.75 Å². The van der Waals surface area contributed by atoms with Gasteiger partial charge in [-0.2, -0.15) is 4.39 Å². The van der Waals surface area contributed by atoms with E-state index in [1.165, 1.54) is 0 Å². The molecule has 110 valence electrons. The van der Waals surface area contributed by atoms with Gasteiger partial charge in [-0.15, -0.1) is 0 Å². The number of hydrogen-bond acceptors (Lipinski definition) is 2. The second-order valence-corrected chi connectivity index (χ2v) is 5.21. The standard InChI is InChI=1S/C14H9BrF3NO2/c1-6-2-3-7(15)4-10(6)19-14(21)8-5-9(16)12(18)13(20)11(8)17/h2-5,20H,1H3,(H,19,21). The fourth-order valence-corrected chi connectivity index (χ4v) is 2.04. The van der Waals surface area contributed by atoms with E-state index in [9.17, 15) is 18.0 Å². The average molecular weight is 360 g/mol. The van der Waals surface area contributed by atoms with Gasteiger partial charge in [0.25, 0.3) is 5.91 Å². The highest BCUT2D eigenvalue weighted by atomic mass is 79.9. The van der Waals surface area contributed by atoms with Crippen molar-refractivity contribution in [3.8, 4) is 5.75 Å². The van der Waals surface area contributed by atoms with E-state index >= 15 is 0 Å². The maximum Gasteiger partial charge on any atom is 0.258 e. The van der Waals surface area contributed by atoms with Crippen LogP contribution < -0.4 is 5.32 Å². The van der Waals surface area contributed by atoms with Gasteiger partial charge >= 0.3 is 0 Å². The summed E-state index contributed by atoms with van der Waals surface area (Å²) in [6.07, 6.45) is 0. The van der Waals surface area contributed by atoms with E-state index in [2.05, 4.69) is 21.2 Å². The zero-order valence-corrected chi connectivity index (χ0v) is 12.3. The maximum absolute atomic E-state index is 13.6. The van der Waals surface area contributed by atoms with Gasteiger partial charge in [-0.1, -0.05) is 22.0 Å². The van der Waals surface area contributed by atoms with Crippen molar-refractivity contribution in [3.63, 3.8) is 0 Å². The highest BCUT2D eigenvalue weighted by Gasteiger charge is 2.22. The fourth-order valence-electron chi connectivity index (χ4n) is 1.67. The number of halogens is 4. The van der Waals surface area contributed by atoms with Gasteiger partial charge < -0.3 is 10.4 Å². The molecule has 21 heavy (non-hydrogen) atoms. The summed E-state index contributed by atoms with van der Waals surface area (Å²) in [6, 6.07) is 5.42. The number of amides is 1. The van der Waals surface area contributed by atoms with Crippen LogP contribution >= 0.6 is 15.9 Å². The molecule has 0 aliphatic carbocycles. The third-order valence-corrected chi connectivity index (χ3v) is 3.32. The number of carbonyl (C=O) groups is 1. The second kappa shape index (κ2) is 5.77. The SMILES string of the molecule is Cc1ccc(Br)cc1NC(=O)c1cc(F)c(F)c(O)c1F. The van der Waals surface area contributed by atoms with Crippen molar-refractivity contribution in [2.24, 2.45) is 0 Å². The number of rotatable bonds is 2. The molecule has 7 heteroatoms. The van der Waals surface area contributed by atoms with E-state index in [0.29, 0.717) is 21.8 Å². The van der Waals surface area contributed by atoms with Crippen molar-refractivity contribution in [2.75, 3.05) is 5.32 Å². The minimum absolute atomic E-state index is 0.373. The van der Waals surface area contributed by atoms with Crippen molar-refractivity contribution in [1.82, 2.24) is 0 Å². The number of carbonyl (C=O) groups excluding carboxylic acids is 1. The monoisotopic (exact) mass is 359 g/mol. The molecule has 2 aromatic rings. The summed E-state index contributed by atoms with van der Waals surface area (Å²) >= 11 is 3.21. The summed E-state index contributed by atoms with van der Waals surface area (Å²) in [6.45, 7) is 1.71. The van der Waals surface area contributed by atoms with E-state index in [1.54, 1.807) is 25.1 Å². The second-order valence-electron chi connectivity index (χ2n) is 4.30. The Kier molecular flexibility index (Phi) is 4.22. The van der Waals surface area contributed by atoms with E-state index in [0.717, 1.165) is 0 Å². The largest absolute Gasteiger partial charge is 0.503 e. The number of benzene rings is 2. The number of phenolic OH excluding ortho intramolecular Hbond substituents is 1. The van der Waals surface area contributed by atoms with Crippen LogP contribution in [0.3, 0.4) is 0 Å². The van der Waals surface area contributed by atoms with Crippen LogP contribution in [-0.2, 0) is 0 Å². The zero-order valence-electron chi connectivity index (χ0n) is 10.7. The number of phenols is 1. The average Bonchev–Trinajstić information content (AvgIpc) is 2.44. The number of aryl methyl sites for hydroxylation is 1. The molecule has 0 atom stereocenters. The molecule has 0 bridgehead atoms. The summed E-state index contributed by atoms with van der Waals surface area (Å²) in [7, 11) is 0. The number of anilines is 1. The van der Waals surface area contributed by atoms with Crippen molar-refractivity contribution >= 4 is 27.5 Å². The molecule has 0 fully saturated rings.